The molecule has 1 fully saturated rings. The van der Waals surface area contributed by atoms with Gasteiger partial charge in [0.05, 0.1) is 12.1 Å². The zero-order valence-electron chi connectivity index (χ0n) is 11.4. The van der Waals surface area contributed by atoms with Gasteiger partial charge in [-0.25, -0.2) is 4.98 Å². The molecule has 0 atom stereocenters. The molecule has 1 aromatic heterocycles. The topological polar surface area (TPSA) is 60.2 Å². The first-order valence-electron chi connectivity index (χ1n) is 6.48. The number of anilines is 1. The number of amides is 1. The molecular formula is C14H18N4O. The van der Waals surface area contributed by atoms with E-state index in [2.05, 4.69) is 11.1 Å². The number of carbonyl (C=O) groups excluding carboxylic acids is 1. The van der Waals surface area contributed by atoms with Crippen LogP contribution in [0.2, 0.25) is 0 Å². The number of likely N-dealkylation sites (N-methyl/N-ethyl adjacent to an activating group) is 1. The predicted molar refractivity (Wildman–Crippen MR) is 72.8 cm³/mol. The van der Waals surface area contributed by atoms with Gasteiger partial charge in [0.1, 0.15) is 11.9 Å². The van der Waals surface area contributed by atoms with Crippen molar-refractivity contribution in [1.82, 2.24) is 9.88 Å². The standard InChI is InChI=1S/C14H18N4O/c1-11-5-6-16-14(12(11)9-15)17(2)10-13(19)18-7-3-4-8-18/h5-6H,3-4,7-8,10H2,1-2H3. The van der Waals surface area contributed by atoms with Crippen LogP contribution in [0.4, 0.5) is 5.82 Å². The number of aromatic nitrogens is 1. The second kappa shape index (κ2) is 5.70. The monoisotopic (exact) mass is 258 g/mol. The van der Waals surface area contributed by atoms with Crippen molar-refractivity contribution in [1.29, 1.82) is 5.26 Å². The van der Waals surface area contributed by atoms with E-state index >= 15 is 0 Å². The summed E-state index contributed by atoms with van der Waals surface area (Å²) in [5.74, 6) is 0.683. The molecular weight excluding hydrogens is 240 g/mol. The maximum Gasteiger partial charge on any atom is 0.242 e. The molecule has 0 N–H and O–H groups in total. The molecule has 0 aliphatic carbocycles. The Hall–Kier alpha value is -2.09. The normalized spacial score (nSPS) is 14.3. The zero-order chi connectivity index (χ0) is 13.8. The van der Waals surface area contributed by atoms with Crippen molar-refractivity contribution >= 4 is 11.7 Å². The molecule has 0 unspecified atom stereocenters. The molecule has 0 bridgehead atoms. The second-order valence-electron chi connectivity index (χ2n) is 4.88. The van der Waals surface area contributed by atoms with Crippen LogP contribution in [0.5, 0.6) is 0 Å². The van der Waals surface area contributed by atoms with Crippen molar-refractivity contribution in [2.45, 2.75) is 19.8 Å². The fourth-order valence-corrected chi connectivity index (χ4v) is 2.32. The Bertz CT molecular complexity index is 515. The summed E-state index contributed by atoms with van der Waals surface area (Å²) < 4.78 is 0. The van der Waals surface area contributed by atoms with E-state index in [4.69, 9.17) is 0 Å². The first-order valence-corrected chi connectivity index (χ1v) is 6.48. The van der Waals surface area contributed by atoms with Gasteiger partial charge in [-0.05, 0) is 31.4 Å². The third-order valence-corrected chi connectivity index (χ3v) is 3.44. The van der Waals surface area contributed by atoms with Crippen molar-refractivity contribution in [3.8, 4) is 6.07 Å². The minimum atomic E-state index is 0.104. The molecule has 1 aliphatic heterocycles. The van der Waals surface area contributed by atoms with Crippen LogP contribution in [0.15, 0.2) is 12.3 Å². The number of carbonyl (C=O) groups is 1. The summed E-state index contributed by atoms with van der Waals surface area (Å²) in [6.07, 6.45) is 3.84. The minimum absolute atomic E-state index is 0.104. The average Bonchev–Trinajstić information content (AvgIpc) is 2.92. The number of pyridine rings is 1. The van der Waals surface area contributed by atoms with Crippen LogP contribution in [0.25, 0.3) is 0 Å². The largest absolute Gasteiger partial charge is 0.349 e. The Kier molecular flexibility index (Phi) is 4.00. The van der Waals surface area contributed by atoms with Crippen LogP contribution in [0.1, 0.15) is 24.0 Å². The van der Waals surface area contributed by atoms with Gasteiger partial charge in [0.25, 0.3) is 0 Å². The summed E-state index contributed by atoms with van der Waals surface area (Å²) in [6, 6.07) is 3.96. The highest BCUT2D eigenvalue weighted by Crippen LogP contribution is 2.19. The lowest BCUT2D eigenvalue weighted by molar-refractivity contribution is -0.128. The fourth-order valence-electron chi connectivity index (χ4n) is 2.32. The number of likely N-dealkylation sites (tertiary alicyclic amines) is 1. The molecule has 2 heterocycles. The van der Waals surface area contributed by atoms with E-state index in [1.807, 2.05) is 11.8 Å². The molecule has 0 aromatic carbocycles. The highest BCUT2D eigenvalue weighted by atomic mass is 16.2. The molecule has 1 amide bonds. The lowest BCUT2D eigenvalue weighted by Crippen LogP contribution is -2.37. The Morgan fingerprint density at radius 2 is 2.21 bits per heavy atom. The van der Waals surface area contributed by atoms with E-state index in [0.29, 0.717) is 11.4 Å². The maximum absolute atomic E-state index is 12.1. The third-order valence-electron chi connectivity index (χ3n) is 3.44. The number of rotatable bonds is 3. The molecule has 100 valence electrons. The number of hydrogen-bond donors (Lipinski definition) is 0. The van der Waals surface area contributed by atoms with Crippen LogP contribution >= 0.6 is 0 Å². The second-order valence-corrected chi connectivity index (χ2v) is 4.88. The molecule has 0 spiro atoms. The van der Waals surface area contributed by atoms with E-state index in [0.717, 1.165) is 31.5 Å². The van der Waals surface area contributed by atoms with Crippen molar-refractivity contribution in [3.63, 3.8) is 0 Å². The molecule has 0 radical (unpaired) electrons. The van der Waals surface area contributed by atoms with Gasteiger partial charge in [0.2, 0.25) is 5.91 Å². The summed E-state index contributed by atoms with van der Waals surface area (Å²) in [7, 11) is 1.80. The first-order chi connectivity index (χ1) is 9.13. The van der Waals surface area contributed by atoms with E-state index < -0.39 is 0 Å². The molecule has 5 heteroatoms. The van der Waals surface area contributed by atoms with Crippen molar-refractivity contribution in [2.24, 2.45) is 0 Å². The molecule has 1 aromatic rings. The van der Waals surface area contributed by atoms with Crippen LogP contribution in [0, 0.1) is 18.3 Å². The fraction of sp³-hybridized carbons (Fsp3) is 0.500. The summed E-state index contributed by atoms with van der Waals surface area (Å²) in [5, 5.41) is 9.18. The third kappa shape index (κ3) is 2.84. The highest BCUT2D eigenvalue weighted by molar-refractivity contribution is 5.81. The quantitative estimate of drug-likeness (QED) is 0.820. The average molecular weight is 258 g/mol. The van der Waals surface area contributed by atoms with Gasteiger partial charge in [-0.3, -0.25) is 4.79 Å². The van der Waals surface area contributed by atoms with E-state index in [1.165, 1.54) is 0 Å². The lowest BCUT2D eigenvalue weighted by Gasteiger charge is -2.23. The SMILES string of the molecule is Cc1ccnc(N(C)CC(=O)N2CCCC2)c1C#N. The Morgan fingerprint density at radius 1 is 1.53 bits per heavy atom. The molecule has 1 aliphatic rings. The molecule has 1 saturated heterocycles. The van der Waals surface area contributed by atoms with Gasteiger partial charge in [-0.2, -0.15) is 5.26 Å². The Morgan fingerprint density at radius 3 is 2.84 bits per heavy atom. The number of hydrogen-bond acceptors (Lipinski definition) is 4. The minimum Gasteiger partial charge on any atom is -0.349 e. The predicted octanol–water partition coefficient (Wildman–Crippen LogP) is 1.32. The van der Waals surface area contributed by atoms with E-state index in [-0.39, 0.29) is 12.5 Å². The number of aryl methyl sites for hydroxylation is 1. The van der Waals surface area contributed by atoms with Gasteiger partial charge in [0, 0.05) is 26.3 Å². The van der Waals surface area contributed by atoms with Crippen LogP contribution < -0.4 is 4.90 Å². The smallest absolute Gasteiger partial charge is 0.242 e. The Labute approximate surface area is 113 Å². The first kappa shape index (κ1) is 13.3. The van der Waals surface area contributed by atoms with E-state index in [9.17, 15) is 10.1 Å². The summed E-state index contributed by atoms with van der Waals surface area (Å²) >= 11 is 0. The number of nitriles is 1. The summed E-state index contributed by atoms with van der Waals surface area (Å²) in [6.45, 7) is 3.84. The molecule has 2 rings (SSSR count). The summed E-state index contributed by atoms with van der Waals surface area (Å²) in [4.78, 5) is 19.9. The van der Waals surface area contributed by atoms with Gasteiger partial charge < -0.3 is 9.80 Å². The molecule has 0 saturated carbocycles. The Balaban J connectivity index is 2.12. The molecule has 5 nitrogen and oxygen atoms in total. The zero-order valence-corrected chi connectivity index (χ0v) is 11.4. The maximum atomic E-state index is 12.1. The summed E-state index contributed by atoms with van der Waals surface area (Å²) in [5.41, 5.74) is 1.42. The van der Waals surface area contributed by atoms with Gasteiger partial charge in [-0.1, -0.05) is 0 Å². The highest BCUT2D eigenvalue weighted by Gasteiger charge is 2.21. The van der Waals surface area contributed by atoms with Gasteiger partial charge in [-0.15, -0.1) is 0 Å². The van der Waals surface area contributed by atoms with Crippen LogP contribution in [-0.4, -0.2) is 42.5 Å². The molecule has 19 heavy (non-hydrogen) atoms. The van der Waals surface area contributed by atoms with Gasteiger partial charge in [0.15, 0.2) is 0 Å². The van der Waals surface area contributed by atoms with Crippen LogP contribution in [-0.2, 0) is 4.79 Å². The van der Waals surface area contributed by atoms with Crippen molar-refractivity contribution in [3.05, 3.63) is 23.4 Å². The van der Waals surface area contributed by atoms with Gasteiger partial charge >= 0.3 is 0 Å². The van der Waals surface area contributed by atoms with Crippen molar-refractivity contribution < 1.29 is 4.79 Å². The lowest BCUT2D eigenvalue weighted by atomic mass is 10.1. The van der Waals surface area contributed by atoms with E-state index in [1.54, 1.807) is 24.2 Å². The van der Waals surface area contributed by atoms with Crippen molar-refractivity contribution in [2.75, 3.05) is 31.6 Å². The number of nitrogens with zero attached hydrogens (tertiary/aromatic N) is 4. The van der Waals surface area contributed by atoms with Crippen LogP contribution in [0.3, 0.4) is 0 Å².